The first-order chi connectivity index (χ1) is 9.06. The summed E-state index contributed by atoms with van der Waals surface area (Å²) in [4.78, 5) is 0.291. The summed E-state index contributed by atoms with van der Waals surface area (Å²) < 4.78 is 31.5. The molecule has 0 spiro atoms. The molecule has 0 atom stereocenters. The Hall–Kier alpha value is -1.11. The third-order valence-electron chi connectivity index (χ3n) is 2.78. The van der Waals surface area contributed by atoms with Gasteiger partial charge in [0, 0.05) is 13.1 Å². The van der Waals surface area contributed by atoms with Gasteiger partial charge < -0.3 is 10.5 Å². The number of nitrogens with zero attached hydrogens (tertiary/aromatic N) is 1. The van der Waals surface area contributed by atoms with Crippen molar-refractivity contribution in [1.82, 2.24) is 4.31 Å². The second-order valence-corrected chi connectivity index (χ2v) is 6.16. The van der Waals surface area contributed by atoms with Crippen molar-refractivity contribution in [3.63, 3.8) is 0 Å². The highest BCUT2D eigenvalue weighted by Crippen LogP contribution is 2.19. The van der Waals surface area contributed by atoms with Gasteiger partial charge in [0.05, 0.1) is 12.0 Å². The summed E-state index contributed by atoms with van der Waals surface area (Å²) in [6, 6.07) is 6.44. The first-order valence-electron chi connectivity index (χ1n) is 6.40. The Labute approximate surface area is 115 Å². The Morgan fingerprint density at radius 3 is 2.32 bits per heavy atom. The van der Waals surface area contributed by atoms with Crippen LogP contribution in [0.15, 0.2) is 29.2 Å². The second-order valence-electron chi connectivity index (χ2n) is 4.22. The Morgan fingerprint density at radius 2 is 1.84 bits per heavy atom. The molecule has 0 radical (unpaired) electrons. The van der Waals surface area contributed by atoms with Crippen LogP contribution in [0.3, 0.4) is 0 Å². The molecule has 0 saturated heterocycles. The monoisotopic (exact) mass is 286 g/mol. The Kier molecular flexibility index (Phi) is 6.27. The molecule has 2 N–H and O–H groups in total. The summed E-state index contributed by atoms with van der Waals surface area (Å²) in [5, 5.41) is 0. The van der Waals surface area contributed by atoms with Crippen molar-refractivity contribution in [3.8, 4) is 5.75 Å². The van der Waals surface area contributed by atoms with E-state index in [-0.39, 0.29) is 0 Å². The van der Waals surface area contributed by atoms with E-state index in [1.807, 2.05) is 6.92 Å². The first-order valence-corrected chi connectivity index (χ1v) is 7.84. The number of hydrogen-bond donors (Lipinski definition) is 1. The average Bonchev–Trinajstić information content (AvgIpc) is 2.43. The number of hydrogen-bond acceptors (Lipinski definition) is 4. The number of ether oxygens (including phenoxy) is 1. The van der Waals surface area contributed by atoms with E-state index < -0.39 is 10.0 Å². The molecule has 0 bridgehead atoms. The summed E-state index contributed by atoms with van der Waals surface area (Å²) in [5.74, 6) is 0.642. The summed E-state index contributed by atoms with van der Waals surface area (Å²) in [7, 11) is -1.89. The molecule has 0 unspecified atom stereocenters. The Bertz CT molecular complexity index is 471. The molecule has 1 aromatic rings. The van der Waals surface area contributed by atoms with E-state index in [1.165, 1.54) is 4.31 Å². The highest BCUT2D eigenvalue weighted by Gasteiger charge is 2.23. The van der Waals surface area contributed by atoms with E-state index in [4.69, 9.17) is 10.5 Å². The van der Waals surface area contributed by atoms with Gasteiger partial charge in [0.15, 0.2) is 0 Å². The number of benzene rings is 1. The van der Waals surface area contributed by atoms with Crippen LogP contribution in [-0.2, 0) is 10.0 Å². The van der Waals surface area contributed by atoms with Crippen molar-refractivity contribution in [2.45, 2.75) is 24.7 Å². The predicted molar refractivity (Wildman–Crippen MR) is 75.7 cm³/mol. The van der Waals surface area contributed by atoms with Crippen molar-refractivity contribution in [3.05, 3.63) is 24.3 Å². The Balaban J connectivity index is 2.96. The lowest BCUT2D eigenvalue weighted by atomic mass is 10.3. The molecular formula is C13H22N2O3S. The van der Waals surface area contributed by atoms with Gasteiger partial charge >= 0.3 is 0 Å². The number of rotatable bonds is 8. The molecule has 0 aliphatic carbocycles. The van der Waals surface area contributed by atoms with Gasteiger partial charge in [-0.15, -0.1) is 0 Å². The van der Waals surface area contributed by atoms with Gasteiger partial charge in [0.1, 0.15) is 5.75 Å². The fourth-order valence-corrected chi connectivity index (χ4v) is 3.34. The minimum Gasteiger partial charge on any atom is -0.497 e. The smallest absolute Gasteiger partial charge is 0.243 e. The van der Waals surface area contributed by atoms with Gasteiger partial charge in [0.25, 0.3) is 0 Å². The molecule has 0 saturated carbocycles. The van der Waals surface area contributed by atoms with Crippen molar-refractivity contribution in [1.29, 1.82) is 0 Å². The van der Waals surface area contributed by atoms with Gasteiger partial charge in [0.2, 0.25) is 10.0 Å². The highest BCUT2D eigenvalue weighted by molar-refractivity contribution is 7.89. The fraction of sp³-hybridized carbons (Fsp3) is 0.538. The number of sulfonamides is 1. The van der Waals surface area contributed by atoms with E-state index in [9.17, 15) is 8.42 Å². The summed E-state index contributed by atoms with van der Waals surface area (Å²) in [6.07, 6.45) is 1.44. The maximum Gasteiger partial charge on any atom is 0.243 e. The molecule has 0 aliphatic heterocycles. The zero-order valence-corrected chi connectivity index (χ0v) is 12.3. The zero-order valence-electron chi connectivity index (χ0n) is 11.5. The van der Waals surface area contributed by atoms with E-state index >= 15 is 0 Å². The van der Waals surface area contributed by atoms with Gasteiger partial charge in [-0.1, -0.05) is 6.92 Å². The van der Waals surface area contributed by atoms with Crippen molar-refractivity contribution in [2.75, 3.05) is 26.7 Å². The van der Waals surface area contributed by atoms with E-state index in [0.29, 0.717) is 36.7 Å². The summed E-state index contributed by atoms with van der Waals surface area (Å²) >= 11 is 0. The molecule has 1 aromatic carbocycles. The van der Waals surface area contributed by atoms with E-state index in [0.717, 1.165) is 6.42 Å². The van der Waals surface area contributed by atoms with E-state index in [2.05, 4.69) is 0 Å². The maximum atomic E-state index is 12.5. The minimum absolute atomic E-state index is 0.291. The van der Waals surface area contributed by atoms with Crippen LogP contribution in [0, 0.1) is 0 Å². The van der Waals surface area contributed by atoms with E-state index in [1.54, 1.807) is 31.4 Å². The van der Waals surface area contributed by atoms with Crippen molar-refractivity contribution < 1.29 is 13.2 Å². The number of nitrogens with two attached hydrogens (primary N) is 1. The predicted octanol–water partition coefficient (Wildman–Crippen LogP) is 1.44. The first kappa shape index (κ1) is 15.9. The van der Waals surface area contributed by atoms with Crippen LogP contribution in [0.2, 0.25) is 0 Å². The van der Waals surface area contributed by atoms with Gasteiger partial charge in [-0.25, -0.2) is 8.42 Å². The normalized spacial score (nSPS) is 11.8. The molecule has 1 rings (SSSR count). The molecule has 0 aromatic heterocycles. The third-order valence-corrected chi connectivity index (χ3v) is 4.69. The lowest BCUT2D eigenvalue weighted by molar-refractivity contribution is 0.405. The van der Waals surface area contributed by atoms with Crippen molar-refractivity contribution in [2.24, 2.45) is 5.73 Å². The standard InChI is InChI=1S/C13H22N2O3S/c1-3-10-15(11-4-9-14)19(16,17)13-7-5-12(18-2)6-8-13/h5-8H,3-4,9-11,14H2,1-2H3. The largest absolute Gasteiger partial charge is 0.497 e. The quantitative estimate of drug-likeness (QED) is 0.785. The molecule has 0 aliphatic rings. The number of methoxy groups -OCH3 is 1. The van der Waals surface area contributed by atoms with Crippen LogP contribution in [0.4, 0.5) is 0 Å². The van der Waals surface area contributed by atoms with Crippen LogP contribution in [0.25, 0.3) is 0 Å². The zero-order chi connectivity index (χ0) is 14.3. The molecule has 108 valence electrons. The topological polar surface area (TPSA) is 72.6 Å². The lowest BCUT2D eigenvalue weighted by Gasteiger charge is -2.21. The fourth-order valence-electron chi connectivity index (χ4n) is 1.77. The molecule has 6 heteroatoms. The Morgan fingerprint density at radius 1 is 1.21 bits per heavy atom. The van der Waals surface area contributed by atoms with Crippen molar-refractivity contribution >= 4 is 10.0 Å². The van der Waals surface area contributed by atoms with Crippen LogP contribution in [-0.4, -0.2) is 39.5 Å². The van der Waals surface area contributed by atoms with Gasteiger partial charge in [-0.05, 0) is 43.7 Å². The van der Waals surface area contributed by atoms with Gasteiger partial charge in [-0.2, -0.15) is 4.31 Å². The molecular weight excluding hydrogens is 264 g/mol. The van der Waals surface area contributed by atoms with Gasteiger partial charge in [-0.3, -0.25) is 0 Å². The third kappa shape index (κ3) is 4.19. The van der Waals surface area contributed by atoms with Crippen LogP contribution >= 0.6 is 0 Å². The second kappa shape index (κ2) is 7.47. The SMILES string of the molecule is CCCN(CCCN)S(=O)(=O)c1ccc(OC)cc1. The molecule has 0 fully saturated rings. The van der Waals surface area contributed by atoms with Crippen LogP contribution < -0.4 is 10.5 Å². The molecule has 0 amide bonds. The summed E-state index contributed by atoms with van der Waals surface area (Å²) in [6.45, 7) is 3.41. The minimum atomic E-state index is -3.44. The summed E-state index contributed by atoms with van der Waals surface area (Å²) in [5.41, 5.74) is 5.45. The lowest BCUT2D eigenvalue weighted by Crippen LogP contribution is -2.33. The molecule has 5 nitrogen and oxygen atoms in total. The highest BCUT2D eigenvalue weighted by atomic mass is 32.2. The van der Waals surface area contributed by atoms with Crippen LogP contribution in [0.1, 0.15) is 19.8 Å². The maximum absolute atomic E-state index is 12.5. The molecule has 0 heterocycles. The average molecular weight is 286 g/mol. The van der Waals surface area contributed by atoms with Crippen LogP contribution in [0.5, 0.6) is 5.75 Å². The molecule has 19 heavy (non-hydrogen) atoms.